The topological polar surface area (TPSA) is 62.2 Å². The summed E-state index contributed by atoms with van der Waals surface area (Å²) < 4.78 is 0. The molecule has 1 aliphatic rings. The van der Waals surface area contributed by atoms with Crippen molar-refractivity contribution in [3.05, 3.63) is 58.9 Å². The monoisotopic (exact) mass is 310 g/mol. The van der Waals surface area contributed by atoms with Crippen LogP contribution >= 0.6 is 0 Å². The van der Waals surface area contributed by atoms with Gasteiger partial charge >= 0.3 is 5.97 Å². The smallest absolute Gasteiger partial charge is 0.337 e. The normalized spacial score (nSPS) is 16.7. The molecule has 0 bridgehead atoms. The second-order valence-electron chi connectivity index (χ2n) is 6.08. The summed E-state index contributed by atoms with van der Waals surface area (Å²) >= 11 is 0. The molecular weight excluding hydrogens is 288 g/mol. The summed E-state index contributed by atoms with van der Waals surface area (Å²) in [6.45, 7) is 2.92. The van der Waals surface area contributed by atoms with Crippen LogP contribution in [0.2, 0.25) is 0 Å². The third-order valence-corrected chi connectivity index (χ3v) is 4.64. The van der Waals surface area contributed by atoms with Gasteiger partial charge in [-0.25, -0.2) is 4.79 Å². The van der Waals surface area contributed by atoms with Crippen molar-refractivity contribution in [2.45, 2.75) is 38.5 Å². The second kappa shape index (κ2) is 6.82. The summed E-state index contributed by atoms with van der Waals surface area (Å²) in [6.07, 6.45) is 7.63. The van der Waals surface area contributed by atoms with E-state index in [0.29, 0.717) is 11.6 Å². The molecule has 0 unspecified atom stereocenters. The lowest BCUT2D eigenvalue weighted by Crippen LogP contribution is -2.19. The number of nitrogens with one attached hydrogen (secondary N) is 1. The number of anilines is 1. The summed E-state index contributed by atoms with van der Waals surface area (Å²) in [6, 6.07) is 8.33. The van der Waals surface area contributed by atoms with E-state index in [0.717, 1.165) is 25.8 Å². The fourth-order valence-electron chi connectivity index (χ4n) is 3.36. The van der Waals surface area contributed by atoms with Gasteiger partial charge in [0.25, 0.3) is 0 Å². The molecular formula is C19H22N2O2. The lowest BCUT2D eigenvalue weighted by atomic mass is 9.82. The third-order valence-electron chi connectivity index (χ3n) is 4.64. The number of nitrogens with zero attached hydrogens (tertiary/aromatic N) is 1. The average molecular weight is 310 g/mol. The molecule has 2 N–H and O–H groups in total. The first kappa shape index (κ1) is 15.5. The molecule has 0 aliphatic heterocycles. The predicted octanol–water partition coefficient (Wildman–Crippen LogP) is 3.87. The molecule has 0 amide bonds. The Balaban J connectivity index is 1.77. The first-order valence-electron chi connectivity index (χ1n) is 8.22. The van der Waals surface area contributed by atoms with Crippen LogP contribution < -0.4 is 5.32 Å². The molecule has 3 rings (SSSR count). The Morgan fingerprint density at radius 1 is 1.39 bits per heavy atom. The Bertz CT molecular complexity index is 712. The van der Waals surface area contributed by atoms with Crippen molar-refractivity contribution in [2.24, 2.45) is 0 Å². The fourth-order valence-corrected chi connectivity index (χ4v) is 3.36. The minimum atomic E-state index is -0.925. The molecule has 0 radical (unpaired) electrons. The highest BCUT2D eigenvalue weighted by Crippen LogP contribution is 2.32. The molecule has 23 heavy (non-hydrogen) atoms. The van der Waals surface area contributed by atoms with E-state index in [-0.39, 0.29) is 5.56 Å². The number of aromatic nitrogens is 1. The number of hydrogen-bond acceptors (Lipinski definition) is 3. The van der Waals surface area contributed by atoms with Gasteiger partial charge in [0, 0.05) is 18.7 Å². The van der Waals surface area contributed by atoms with Crippen molar-refractivity contribution in [1.29, 1.82) is 0 Å². The zero-order valence-electron chi connectivity index (χ0n) is 13.4. The van der Waals surface area contributed by atoms with Crippen LogP contribution in [-0.4, -0.2) is 22.6 Å². The first-order valence-corrected chi connectivity index (χ1v) is 8.22. The molecule has 1 aliphatic carbocycles. The van der Waals surface area contributed by atoms with Crippen LogP contribution in [0.4, 0.5) is 5.69 Å². The Labute approximate surface area is 136 Å². The Hall–Kier alpha value is -2.36. The summed E-state index contributed by atoms with van der Waals surface area (Å²) in [5.41, 5.74) is 5.11. The summed E-state index contributed by atoms with van der Waals surface area (Å²) in [5, 5.41) is 12.5. The lowest BCUT2D eigenvalue weighted by molar-refractivity contribution is 0.0698. The van der Waals surface area contributed by atoms with Crippen molar-refractivity contribution >= 4 is 11.7 Å². The predicted molar refractivity (Wildman–Crippen MR) is 91.2 cm³/mol. The van der Waals surface area contributed by atoms with Gasteiger partial charge in [-0.05, 0) is 48.4 Å². The standard InChI is InChI=1S/C19H22N2O2/c1-2-13-6-7-16-14(10-13)4-3-5-15(16)11-21-18-12-20-9-8-17(18)19(22)23/h6-10,12,15,21H,2-5,11H2,1H3,(H,22,23)/t15-/m0/s1. The van der Waals surface area contributed by atoms with E-state index < -0.39 is 5.97 Å². The summed E-state index contributed by atoms with van der Waals surface area (Å²) in [5.74, 6) is -0.502. The van der Waals surface area contributed by atoms with Crippen molar-refractivity contribution in [3.8, 4) is 0 Å². The van der Waals surface area contributed by atoms with E-state index in [9.17, 15) is 9.90 Å². The van der Waals surface area contributed by atoms with Crippen molar-refractivity contribution < 1.29 is 9.90 Å². The van der Waals surface area contributed by atoms with Crippen LogP contribution in [0.1, 0.15) is 52.7 Å². The number of aromatic carboxylic acids is 1. The maximum absolute atomic E-state index is 11.3. The molecule has 4 nitrogen and oxygen atoms in total. The molecule has 2 aromatic rings. The summed E-state index contributed by atoms with van der Waals surface area (Å²) in [4.78, 5) is 15.3. The lowest BCUT2D eigenvalue weighted by Gasteiger charge is -2.27. The molecule has 0 fully saturated rings. The van der Waals surface area contributed by atoms with Gasteiger partial charge in [-0.2, -0.15) is 0 Å². The number of carbonyl (C=O) groups is 1. The van der Waals surface area contributed by atoms with Gasteiger partial charge in [-0.3, -0.25) is 4.98 Å². The fraction of sp³-hybridized carbons (Fsp3) is 0.368. The van der Waals surface area contributed by atoms with Gasteiger partial charge in [-0.1, -0.05) is 25.1 Å². The average Bonchev–Trinajstić information content (AvgIpc) is 2.59. The Morgan fingerprint density at radius 3 is 3.04 bits per heavy atom. The van der Waals surface area contributed by atoms with Crippen LogP contribution in [0.25, 0.3) is 0 Å². The molecule has 0 spiro atoms. The molecule has 4 heteroatoms. The minimum Gasteiger partial charge on any atom is -0.478 e. The quantitative estimate of drug-likeness (QED) is 0.880. The zero-order chi connectivity index (χ0) is 16.2. The van der Waals surface area contributed by atoms with Crippen LogP contribution in [0.15, 0.2) is 36.7 Å². The van der Waals surface area contributed by atoms with Crippen molar-refractivity contribution in [2.75, 3.05) is 11.9 Å². The number of benzene rings is 1. The number of rotatable bonds is 5. The maximum Gasteiger partial charge on any atom is 0.337 e. The molecule has 0 saturated carbocycles. The van der Waals surface area contributed by atoms with Gasteiger partial charge in [0.05, 0.1) is 17.4 Å². The number of fused-ring (bicyclic) bond motifs is 1. The van der Waals surface area contributed by atoms with Gasteiger partial charge in [0.1, 0.15) is 0 Å². The highest BCUT2D eigenvalue weighted by molar-refractivity contribution is 5.93. The molecule has 0 saturated heterocycles. The SMILES string of the molecule is CCc1ccc2c(c1)CCC[C@H]2CNc1cnccc1C(=O)O. The first-order chi connectivity index (χ1) is 11.2. The highest BCUT2D eigenvalue weighted by Gasteiger charge is 2.21. The van der Waals surface area contributed by atoms with E-state index in [1.165, 1.54) is 35.4 Å². The third kappa shape index (κ3) is 3.36. The molecule has 120 valence electrons. The van der Waals surface area contributed by atoms with E-state index in [1.54, 1.807) is 6.20 Å². The molecule has 1 heterocycles. The maximum atomic E-state index is 11.3. The van der Waals surface area contributed by atoms with Gasteiger partial charge < -0.3 is 10.4 Å². The van der Waals surface area contributed by atoms with Crippen LogP contribution in [0, 0.1) is 0 Å². The second-order valence-corrected chi connectivity index (χ2v) is 6.08. The van der Waals surface area contributed by atoms with E-state index in [2.05, 4.69) is 35.4 Å². The van der Waals surface area contributed by atoms with E-state index in [1.807, 2.05) is 0 Å². The Kier molecular flexibility index (Phi) is 4.60. The number of hydrogen-bond donors (Lipinski definition) is 2. The summed E-state index contributed by atoms with van der Waals surface area (Å²) in [7, 11) is 0. The zero-order valence-corrected chi connectivity index (χ0v) is 13.4. The Morgan fingerprint density at radius 2 is 2.26 bits per heavy atom. The minimum absolute atomic E-state index is 0.275. The van der Waals surface area contributed by atoms with Crippen LogP contribution in [-0.2, 0) is 12.8 Å². The van der Waals surface area contributed by atoms with Gasteiger partial charge in [-0.15, -0.1) is 0 Å². The van der Waals surface area contributed by atoms with E-state index in [4.69, 9.17) is 0 Å². The molecule has 1 aromatic carbocycles. The number of carboxylic acid groups (broad SMARTS) is 1. The number of pyridine rings is 1. The number of carboxylic acids is 1. The number of aryl methyl sites for hydroxylation is 2. The molecule has 1 atom stereocenters. The van der Waals surface area contributed by atoms with Crippen molar-refractivity contribution in [3.63, 3.8) is 0 Å². The highest BCUT2D eigenvalue weighted by atomic mass is 16.4. The molecule has 1 aromatic heterocycles. The van der Waals surface area contributed by atoms with Gasteiger partial charge in [0.2, 0.25) is 0 Å². The van der Waals surface area contributed by atoms with E-state index >= 15 is 0 Å². The largest absolute Gasteiger partial charge is 0.478 e. The van der Waals surface area contributed by atoms with Gasteiger partial charge in [0.15, 0.2) is 0 Å². The van der Waals surface area contributed by atoms with Crippen LogP contribution in [0.3, 0.4) is 0 Å². The van der Waals surface area contributed by atoms with Crippen molar-refractivity contribution in [1.82, 2.24) is 4.98 Å². The van der Waals surface area contributed by atoms with Crippen LogP contribution in [0.5, 0.6) is 0 Å².